The third kappa shape index (κ3) is 3.65. The molecule has 1 aliphatic rings. The molecule has 1 saturated heterocycles. The zero-order valence-electron chi connectivity index (χ0n) is 9.00. The van der Waals surface area contributed by atoms with Crippen molar-refractivity contribution in [2.24, 2.45) is 5.92 Å². The van der Waals surface area contributed by atoms with Crippen molar-refractivity contribution < 1.29 is 5.11 Å². The summed E-state index contributed by atoms with van der Waals surface area (Å²) < 4.78 is 0. The van der Waals surface area contributed by atoms with Crippen molar-refractivity contribution in [2.75, 3.05) is 19.6 Å². The summed E-state index contributed by atoms with van der Waals surface area (Å²) in [6, 6.07) is 0. The van der Waals surface area contributed by atoms with Gasteiger partial charge in [-0.25, -0.2) is 0 Å². The van der Waals surface area contributed by atoms with E-state index in [4.69, 9.17) is 0 Å². The summed E-state index contributed by atoms with van der Waals surface area (Å²) in [5, 5.41) is 9.50. The smallest absolute Gasteiger partial charge is 0.0667 e. The summed E-state index contributed by atoms with van der Waals surface area (Å²) in [6.45, 7) is 7.79. The Kier molecular flexibility index (Phi) is 4.74. The summed E-state index contributed by atoms with van der Waals surface area (Å²) in [6.07, 6.45) is 4.63. The zero-order chi connectivity index (χ0) is 9.68. The van der Waals surface area contributed by atoms with Crippen molar-refractivity contribution >= 4 is 0 Å². The molecule has 1 rings (SSSR count). The second kappa shape index (κ2) is 5.61. The van der Waals surface area contributed by atoms with Crippen LogP contribution in [0.15, 0.2) is 0 Å². The van der Waals surface area contributed by atoms with Gasteiger partial charge in [-0.3, -0.25) is 0 Å². The van der Waals surface area contributed by atoms with Gasteiger partial charge < -0.3 is 10.0 Å². The van der Waals surface area contributed by atoms with Crippen molar-refractivity contribution in [3.05, 3.63) is 0 Å². The maximum Gasteiger partial charge on any atom is 0.0667 e. The Morgan fingerprint density at radius 1 is 1.38 bits per heavy atom. The number of hydrogen-bond acceptors (Lipinski definition) is 2. The van der Waals surface area contributed by atoms with Crippen molar-refractivity contribution in [1.29, 1.82) is 0 Å². The van der Waals surface area contributed by atoms with Crippen LogP contribution in [-0.2, 0) is 0 Å². The molecule has 78 valence electrons. The molecule has 0 amide bonds. The Labute approximate surface area is 81.9 Å². The Bertz CT molecular complexity index is 134. The molecule has 2 nitrogen and oxygen atoms in total. The number of likely N-dealkylation sites (tertiary alicyclic amines) is 1. The molecule has 0 aliphatic carbocycles. The number of aliphatic hydroxyl groups excluding tert-OH is 1. The van der Waals surface area contributed by atoms with Crippen LogP contribution in [-0.4, -0.2) is 35.7 Å². The summed E-state index contributed by atoms with van der Waals surface area (Å²) in [4.78, 5) is 2.42. The lowest BCUT2D eigenvalue weighted by atomic mass is 10.0. The molecule has 1 N–H and O–H groups in total. The fourth-order valence-electron chi connectivity index (χ4n) is 2.11. The van der Waals surface area contributed by atoms with E-state index in [-0.39, 0.29) is 6.10 Å². The molecule has 0 saturated carbocycles. The minimum absolute atomic E-state index is 0.0666. The quantitative estimate of drug-likeness (QED) is 0.723. The van der Waals surface area contributed by atoms with Crippen LogP contribution in [0.25, 0.3) is 0 Å². The van der Waals surface area contributed by atoms with Crippen LogP contribution >= 0.6 is 0 Å². The van der Waals surface area contributed by atoms with E-state index >= 15 is 0 Å². The minimum atomic E-state index is -0.0666. The molecule has 0 spiro atoms. The van der Waals surface area contributed by atoms with Gasteiger partial charge in [0, 0.05) is 13.1 Å². The summed E-state index contributed by atoms with van der Waals surface area (Å²) in [7, 11) is 0. The average Bonchev–Trinajstić information content (AvgIpc) is 2.14. The van der Waals surface area contributed by atoms with E-state index in [1.165, 1.54) is 32.4 Å². The summed E-state index contributed by atoms with van der Waals surface area (Å²) in [5.41, 5.74) is 0. The molecule has 2 heteroatoms. The lowest BCUT2D eigenvalue weighted by molar-refractivity contribution is 0.0613. The molecule has 1 heterocycles. The van der Waals surface area contributed by atoms with Crippen LogP contribution in [0.3, 0.4) is 0 Å². The Hall–Kier alpha value is -0.0800. The highest BCUT2D eigenvalue weighted by molar-refractivity contribution is 4.73. The van der Waals surface area contributed by atoms with E-state index in [1.54, 1.807) is 0 Å². The maximum atomic E-state index is 9.50. The predicted octanol–water partition coefficient (Wildman–Crippen LogP) is 1.88. The molecule has 1 unspecified atom stereocenters. The normalized spacial score (nSPS) is 25.4. The highest BCUT2D eigenvalue weighted by atomic mass is 16.3. The van der Waals surface area contributed by atoms with E-state index in [2.05, 4.69) is 18.7 Å². The topological polar surface area (TPSA) is 23.5 Å². The number of hydrogen-bond donors (Lipinski definition) is 1. The van der Waals surface area contributed by atoms with Gasteiger partial charge in [0.1, 0.15) is 0 Å². The van der Waals surface area contributed by atoms with Gasteiger partial charge in [0.25, 0.3) is 0 Å². The van der Waals surface area contributed by atoms with Crippen LogP contribution < -0.4 is 0 Å². The molecule has 0 aromatic heterocycles. The lowest BCUT2D eigenvalue weighted by Gasteiger charge is -2.32. The number of rotatable bonds is 4. The standard InChI is InChI=1S/C11H23NO/c1-3-10(4-2)8-12-7-5-6-11(13)9-12/h10-11,13H,3-9H2,1-2H3. The first kappa shape index (κ1) is 11.0. The fourth-order valence-corrected chi connectivity index (χ4v) is 2.11. The molecule has 0 aromatic carbocycles. The van der Waals surface area contributed by atoms with Crippen molar-refractivity contribution in [3.8, 4) is 0 Å². The van der Waals surface area contributed by atoms with E-state index in [0.717, 1.165) is 18.9 Å². The average molecular weight is 185 g/mol. The van der Waals surface area contributed by atoms with Gasteiger partial charge in [-0.1, -0.05) is 26.7 Å². The first-order chi connectivity index (χ1) is 6.26. The first-order valence-electron chi connectivity index (χ1n) is 5.66. The Morgan fingerprint density at radius 3 is 2.62 bits per heavy atom. The maximum absolute atomic E-state index is 9.50. The highest BCUT2D eigenvalue weighted by Gasteiger charge is 2.19. The number of piperidine rings is 1. The molecular formula is C11H23NO. The summed E-state index contributed by atoms with van der Waals surface area (Å²) >= 11 is 0. The number of aliphatic hydroxyl groups is 1. The van der Waals surface area contributed by atoms with Gasteiger partial charge in [-0.05, 0) is 25.3 Å². The molecule has 13 heavy (non-hydrogen) atoms. The molecular weight excluding hydrogens is 162 g/mol. The van der Waals surface area contributed by atoms with Crippen LogP contribution in [0, 0.1) is 5.92 Å². The molecule has 0 aromatic rings. The summed E-state index contributed by atoms with van der Waals surface area (Å²) in [5.74, 6) is 0.824. The van der Waals surface area contributed by atoms with E-state index in [9.17, 15) is 5.11 Å². The van der Waals surface area contributed by atoms with Crippen LogP contribution in [0.5, 0.6) is 0 Å². The molecule has 1 fully saturated rings. The third-order valence-electron chi connectivity index (χ3n) is 3.15. The van der Waals surface area contributed by atoms with Crippen LogP contribution in [0.1, 0.15) is 39.5 Å². The van der Waals surface area contributed by atoms with Gasteiger partial charge in [0.05, 0.1) is 6.10 Å². The molecule has 1 atom stereocenters. The highest BCUT2D eigenvalue weighted by Crippen LogP contribution is 2.15. The van der Waals surface area contributed by atoms with Crippen LogP contribution in [0.4, 0.5) is 0 Å². The number of nitrogens with zero attached hydrogens (tertiary/aromatic N) is 1. The molecule has 1 aliphatic heterocycles. The van der Waals surface area contributed by atoms with Gasteiger partial charge >= 0.3 is 0 Å². The van der Waals surface area contributed by atoms with E-state index in [1.807, 2.05) is 0 Å². The van der Waals surface area contributed by atoms with Crippen LogP contribution in [0.2, 0.25) is 0 Å². The van der Waals surface area contributed by atoms with E-state index in [0.29, 0.717) is 0 Å². The van der Waals surface area contributed by atoms with Gasteiger partial charge in [0.2, 0.25) is 0 Å². The third-order valence-corrected chi connectivity index (χ3v) is 3.15. The van der Waals surface area contributed by atoms with Crippen molar-refractivity contribution in [1.82, 2.24) is 4.90 Å². The number of β-amino-alcohol motifs (C(OH)–C–C–N with tert-alkyl or cyclic N) is 1. The lowest BCUT2D eigenvalue weighted by Crippen LogP contribution is -2.40. The first-order valence-corrected chi connectivity index (χ1v) is 5.66. The van der Waals surface area contributed by atoms with Gasteiger partial charge in [0.15, 0.2) is 0 Å². The Morgan fingerprint density at radius 2 is 2.08 bits per heavy atom. The monoisotopic (exact) mass is 185 g/mol. The predicted molar refractivity (Wildman–Crippen MR) is 55.8 cm³/mol. The molecule has 0 radical (unpaired) electrons. The second-order valence-corrected chi connectivity index (χ2v) is 4.24. The second-order valence-electron chi connectivity index (χ2n) is 4.24. The van der Waals surface area contributed by atoms with Gasteiger partial charge in [-0.2, -0.15) is 0 Å². The zero-order valence-corrected chi connectivity index (χ0v) is 9.00. The van der Waals surface area contributed by atoms with E-state index < -0.39 is 0 Å². The fraction of sp³-hybridized carbons (Fsp3) is 1.00. The SMILES string of the molecule is CCC(CC)CN1CCCC(O)C1. The molecule has 0 bridgehead atoms. The largest absolute Gasteiger partial charge is 0.392 e. The Balaban J connectivity index is 2.26. The van der Waals surface area contributed by atoms with Crippen molar-refractivity contribution in [2.45, 2.75) is 45.6 Å². The van der Waals surface area contributed by atoms with Gasteiger partial charge in [-0.15, -0.1) is 0 Å². The van der Waals surface area contributed by atoms with Crippen molar-refractivity contribution in [3.63, 3.8) is 0 Å². The minimum Gasteiger partial charge on any atom is -0.392 e.